The van der Waals surface area contributed by atoms with E-state index in [-0.39, 0.29) is 24.3 Å². The number of carbonyl (C=O) groups excluding carboxylic acids is 3. The average Bonchev–Trinajstić information content (AvgIpc) is 2.52. The molecule has 0 bridgehead atoms. The van der Waals surface area contributed by atoms with Gasteiger partial charge in [-0.15, -0.1) is 0 Å². The van der Waals surface area contributed by atoms with Gasteiger partial charge in [-0.3, -0.25) is 14.4 Å². The number of benzene rings is 1. The van der Waals surface area contributed by atoms with E-state index in [1.54, 1.807) is 29.2 Å². The molecule has 0 aliphatic carbocycles. The molecule has 6 heteroatoms. The van der Waals surface area contributed by atoms with Crippen molar-refractivity contribution in [2.75, 3.05) is 19.6 Å². The first-order valence-corrected chi connectivity index (χ1v) is 7.37. The summed E-state index contributed by atoms with van der Waals surface area (Å²) < 4.78 is 0. The fourth-order valence-electron chi connectivity index (χ4n) is 1.95. The molecule has 0 aliphatic rings. The lowest BCUT2D eigenvalue weighted by Gasteiger charge is -2.18. The van der Waals surface area contributed by atoms with E-state index >= 15 is 0 Å². The number of rotatable bonds is 7. The number of likely N-dealkylation sites (N-methyl/N-ethyl adjacent to an activating group) is 1. The maximum absolute atomic E-state index is 12.0. The molecule has 0 atom stereocenters. The minimum atomic E-state index is -0.286. The number of hydrogen-bond acceptors (Lipinski definition) is 3. The van der Waals surface area contributed by atoms with Crippen LogP contribution in [-0.4, -0.2) is 42.3 Å². The minimum absolute atomic E-state index is 0.00580. The van der Waals surface area contributed by atoms with Crippen LogP contribution in [0.5, 0.6) is 0 Å². The molecular formula is C16H23N3O3. The van der Waals surface area contributed by atoms with Crippen LogP contribution in [0.2, 0.25) is 0 Å². The van der Waals surface area contributed by atoms with Crippen LogP contribution in [0.25, 0.3) is 0 Å². The topological polar surface area (TPSA) is 78.5 Å². The molecular weight excluding hydrogens is 282 g/mol. The molecule has 0 saturated carbocycles. The van der Waals surface area contributed by atoms with Crippen molar-refractivity contribution in [3.8, 4) is 0 Å². The SMILES string of the molecule is CCN(CC)C(=O)CNC(=O)c1ccc(CNC(C)=O)cc1. The predicted molar refractivity (Wildman–Crippen MR) is 84.2 cm³/mol. The summed E-state index contributed by atoms with van der Waals surface area (Å²) in [5.41, 5.74) is 1.39. The van der Waals surface area contributed by atoms with Crippen molar-refractivity contribution in [2.24, 2.45) is 0 Å². The van der Waals surface area contributed by atoms with Crippen LogP contribution < -0.4 is 10.6 Å². The lowest BCUT2D eigenvalue weighted by molar-refractivity contribution is -0.129. The first-order chi connectivity index (χ1) is 10.5. The molecule has 0 heterocycles. The van der Waals surface area contributed by atoms with Gasteiger partial charge in [0.2, 0.25) is 11.8 Å². The summed E-state index contributed by atoms with van der Waals surface area (Å²) in [5.74, 6) is -0.482. The molecule has 1 aromatic rings. The van der Waals surface area contributed by atoms with Crippen LogP contribution in [0.3, 0.4) is 0 Å². The Labute approximate surface area is 130 Å². The van der Waals surface area contributed by atoms with Crippen molar-refractivity contribution < 1.29 is 14.4 Å². The highest BCUT2D eigenvalue weighted by Gasteiger charge is 2.12. The number of amides is 3. The van der Waals surface area contributed by atoms with Crippen LogP contribution in [-0.2, 0) is 16.1 Å². The van der Waals surface area contributed by atoms with Crippen LogP contribution in [0.15, 0.2) is 24.3 Å². The van der Waals surface area contributed by atoms with Gasteiger partial charge < -0.3 is 15.5 Å². The molecule has 1 rings (SSSR count). The van der Waals surface area contributed by atoms with Gasteiger partial charge in [0.15, 0.2) is 0 Å². The van der Waals surface area contributed by atoms with Gasteiger partial charge in [0.25, 0.3) is 5.91 Å². The van der Waals surface area contributed by atoms with Crippen molar-refractivity contribution in [2.45, 2.75) is 27.3 Å². The zero-order chi connectivity index (χ0) is 16.5. The van der Waals surface area contributed by atoms with E-state index in [0.717, 1.165) is 5.56 Å². The minimum Gasteiger partial charge on any atom is -0.352 e. The molecule has 120 valence electrons. The summed E-state index contributed by atoms with van der Waals surface area (Å²) in [4.78, 5) is 36.3. The Morgan fingerprint density at radius 1 is 1.00 bits per heavy atom. The van der Waals surface area contributed by atoms with Crippen molar-refractivity contribution in [3.63, 3.8) is 0 Å². The van der Waals surface area contributed by atoms with Crippen molar-refractivity contribution in [1.82, 2.24) is 15.5 Å². The molecule has 0 aliphatic heterocycles. The first kappa shape index (κ1) is 17.7. The van der Waals surface area contributed by atoms with E-state index in [1.165, 1.54) is 6.92 Å². The molecule has 2 N–H and O–H groups in total. The number of nitrogens with one attached hydrogen (secondary N) is 2. The molecule has 0 radical (unpaired) electrons. The average molecular weight is 305 g/mol. The lowest BCUT2D eigenvalue weighted by atomic mass is 10.1. The Morgan fingerprint density at radius 2 is 1.59 bits per heavy atom. The molecule has 22 heavy (non-hydrogen) atoms. The van der Waals surface area contributed by atoms with E-state index in [9.17, 15) is 14.4 Å². The predicted octanol–water partition coefficient (Wildman–Crippen LogP) is 0.921. The van der Waals surface area contributed by atoms with Gasteiger partial charge in [0, 0.05) is 32.1 Å². The van der Waals surface area contributed by atoms with E-state index in [0.29, 0.717) is 25.2 Å². The summed E-state index contributed by atoms with van der Waals surface area (Å²) in [5, 5.41) is 5.30. The highest BCUT2D eigenvalue weighted by Crippen LogP contribution is 2.04. The van der Waals surface area contributed by atoms with Gasteiger partial charge in [-0.1, -0.05) is 12.1 Å². The maximum Gasteiger partial charge on any atom is 0.251 e. The highest BCUT2D eigenvalue weighted by atomic mass is 16.2. The molecule has 0 spiro atoms. The number of hydrogen-bond donors (Lipinski definition) is 2. The van der Waals surface area contributed by atoms with Crippen LogP contribution in [0.4, 0.5) is 0 Å². The Bertz CT molecular complexity index is 522. The van der Waals surface area contributed by atoms with E-state index in [2.05, 4.69) is 10.6 Å². The molecule has 1 aromatic carbocycles. The molecule has 0 unspecified atom stereocenters. The van der Waals surface area contributed by atoms with Crippen LogP contribution >= 0.6 is 0 Å². The fraction of sp³-hybridized carbons (Fsp3) is 0.438. The monoisotopic (exact) mass is 305 g/mol. The summed E-state index contributed by atoms with van der Waals surface area (Å²) in [6.45, 7) is 6.93. The third-order valence-corrected chi connectivity index (χ3v) is 3.27. The molecule has 3 amide bonds. The zero-order valence-electron chi connectivity index (χ0n) is 13.3. The third-order valence-electron chi connectivity index (χ3n) is 3.27. The van der Waals surface area contributed by atoms with Gasteiger partial charge in [-0.05, 0) is 31.5 Å². The van der Waals surface area contributed by atoms with Gasteiger partial charge in [0.1, 0.15) is 0 Å². The molecule has 0 aromatic heterocycles. The van der Waals surface area contributed by atoms with Gasteiger partial charge in [-0.2, -0.15) is 0 Å². The van der Waals surface area contributed by atoms with Gasteiger partial charge >= 0.3 is 0 Å². The normalized spacial score (nSPS) is 9.95. The second-order valence-corrected chi connectivity index (χ2v) is 4.86. The van der Waals surface area contributed by atoms with Crippen LogP contribution in [0.1, 0.15) is 36.7 Å². The smallest absolute Gasteiger partial charge is 0.251 e. The molecule has 6 nitrogen and oxygen atoms in total. The standard InChI is InChI=1S/C16H23N3O3/c1-4-19(5-2)15(21)11-18-16(22)14-8-6-13(7-9-14)10-17-12(3)20/h6-9H,4-5,10-11H2,1-3H3,(H,17,20)(H,18,22). The Balaban J connectivity index is 2.52. The fourth-order valence-corrected chi connectivity index (χ4v) is 1.95. The van der Waals surface area contributed by atoms with E-state index in [1.807, 2.05) is 13.8 Å². The number of carbonyl (C=O) groups is 3. The third kappa shape index (κ3) is 5.55. The summed E-state index contributed by atoms with van der Waals surface area (Å²) >= 11 is 0. The van der Waals surface area contributed by atoms with Crippen molar-refractivity contribution >= 4 is 17.7 Å². The highest BCUT2D eigenvalue weighted by molar-refractivity contribution is 5.96. The second-order valence-electron chi connectivity index (χ2n) is 4.86. The van der Waals surface area contributed by atoms with Gasteiger partial charge in [0.05, 0.1) is 6.54 Å². The van der Waals surface area contributed by atoms with Crippen LogP contribution in [0, 0.1) is 0 Å². The quantitative estimate of drug-likeness (QED) is 0.786. The van der Waals surface area contributed by atoms with E-state index in [4.69, 9.17) is 0 Å². The van der Waals surface area contributed by atoms with Gasteiger partial charge in [-0.25, -0.2) is 0 Å². The largest absolute Gasteiger partial charge is 0.352 e. The van der Waals surface area contributed by atoms with Crippen molar-refractivity contribution in [1.29, 1.82) is 0 Å². The zero-order valence-corrected chi connectivity index (χ0v) is 13.3. The molecule has 0 saturated heterocycles. The maximum atomic E-state index is 12.0. The Hall–Kier alpha value is -2.37. The summed E-state index contributed by atoms with van der Waals surface area (Å²) in [7, 11) is 0. The summed E-state index contributed by atoms with van der Waals surface area (Å²) in [6, 6.07) is 6.90. The first-order valence-electron chi connectivity index (χ1n) is 7.37. The number of nitrogens with zero attached hydrogens (tertiary/aromatic N) is 1. The lowest BCUT2D eigenvalue weighted by Crippen LogP contribution is -2.40. The summed E-state index contributed by atoms with van der Waals surface area (Å²) in [6.07, 6.45) is 0. The second kappa shape index (κ2) is 8.81. The van der Waals surface area contributed by atoms with E-state index < -0.39 is 0 Å². The Kier molecular flexibility index (Phi) is 7.08. The Morgan fingerprint density at radius 3 is 2.09 bits per heavy atom. The van der Waals surface area contributed by atoms with Crippen molar-refractivity contribution in [3.05, 3.63) is 35.4 Å². The molecule has 0 fully saturated rings.